The molecule has 4 nitrogen and oxygen atoms in total. The van der Waals surface area contributed by atoms with E-state index in [4.69, 9.17) is 5.11 Å². The zero-order valence-electron chi connectivity index (χ0n) is 8.91. The number of benzene rings is 1. The monoisotopic (exact) mass is 222 g/mol. The second-order valence-corrected chi connectivity index (χ2v) is 3.93. The second-order valence-electron chi connectivity index (χ2n) is 3.93. The Labute approximate surface area is 91.1 Å². The number of nitrogens with one attached hydrogen (secondary N) is 1. The van der Waals surface area contributed by atoms with Crippen LogP contribution in [0.1, 0.15) is 35.9 Å². The quantitative estimate of drug-likeness (QED) is 0.820. The Hall–Kier alpha value is -1.91. The third-order valence-corrected chi connectivity index (χ3v) is 2.37. The summed E-state index contributed by atoms with van der Waals surface area (Å²) >= 11 is 0. The Morgan fingerprint density at radius 3 is 2.75 bits per heavy atom. The van der Waals surface area contributed by atoms with E-state index in [1.54, 1.807) is 0 Å². The normalized spacial score (nSPS) is 11.2. The average molecular weight is 222 g/mol. The first-order chi connectivity index (χ1) is 7.49. The average Bonchev–Trinajstić information content (AvgIpc) is 2.58. The molecule has 0 saturated heterocycles. The molecule has 2 N–H and O–H groups in total. The van der Waals surface area contributed by atoms with Gasteiger partial charge in [-0.05, 0) is 6.07 Å². The summed E-state index contributed by atoms with van der Waals surface area (Å²) in [7, 11) is 0. The maximum Gasteiger partial charge on any atom is 0.338 e. The first kappa shape index (κ1) is 10.6. The minimum absolute atomic E-state index is 0.184. The highest BCUT2D eigenvalue weighted by Crippen LogP contribution is 2.20. The highest BCUT2D eigenvalue weighted by Gasteiger charge is 2.14. The molecule has 2 rings (SSSR count). The molecule has 0 spiro atoms. The van der Waals surface area contributed by atoms with Crippen LogP contribution >= 0.6 is 0 Å². The molecule has 0 aliphatic rings. The molecule has 1 aromatic carbocycles. The van der Waals surface area contributed by atoms with E-state index >= 15 is 0 Å². The van der Waals surface area contributed by atoms with Gasteiger partial charge in [0.2, 0.25) is 0 Å². The number of aromatic nitrogens is 2. The third-order valence-electron chi connectivity index (χ3n) is 2.37. The van der Waals surface area contributed by atoms with Gasteiger partial charge in [0, 0.05) is 12.0 Å². The van der Waals surface area contributed by atoms with Crippen LogP contribution < -0.4 is 0 Å². The summed E-state index contributed by atoms with van der Waals surface area (Å²) in [4.78, 5) is 17.9. The van der Waals surface area contributed by atoms with Crippen LogP contribution in [0.2, 0.25) is 0 Å². The first-order valence-corrected chi connectivity index (χ1v) is 4.91. The fraction of sp³-hybridized carbons (Fsp3) is 0.273. The van der Waals surface area contributed by atoms with Crippen LogP contribution in [0.3, 0.4) is 0 Å². The van der Waals surface area contributed by atoms with Gasteiger partial charge >= 0.3 is 5.97 Å². The van der Waals surface area contributed by atoms with Crippen molar-refractivity contribution in [1.29, 1.82) is 0 Å². The molecule has 0 fully saturated rings. The van der Waals surface area contributed by atoms with Crippen LogP contribution in [0.25, 0.3) is 11.0 Å². The van der Waals surface area contributed by atoms with E-state index in [0.29, 0.717) is 11.0 Å². The molecule has 0 radical (unpaired) electrons. The predicted octanol–water partition coefficient (Wildman–Crippen LogP) is 2.52. The molecule has 0 unspecified atom stereocenters. The zero-order valence-corrected chi connectivity index (χ0v) is 8.91. The largest absolute Gasteiger partial charge is 0.478 e. The van der Waals surface area contributed by atoms with Gasteiger partial charge in [-0.2, -0.15) is 0 Å². The molecule has 84 valence electrons. The highest BCUT2D eigenvalue weighted by atomic mass is 19.1. The van der Waals surface area contributed by atoms with E-state index in [0.717, 1.165) is 11.9 Å². The Bertz CT molecular complexity index is 560. The summed E-state index contributed by atoms with van der Waals surface area (Å²) < 4.78 is 13.4. The third kappa shape index (κ3) is 1.64. The van der Waals surface area contributed by atoms with Crippen LogP contribution in [0.4, 0.5) is 4.39 Å². The maximum atomic E-state index is 13.4. The van der Waals surface area contributed by atoms with Gasteiger partial charge in [0.1, 0.15) is 11.6 Å². The van der Waals surface area contributed by atoms with Crippen LogP contribution in [0, 0.1) is 5.82 Å². The molecule has 0 aliphatic heterocycles. The van der Waals surface area contributed by atoms with Crippen molar-refractivity contribution in [2.75, 3.05) is 0 Å². The maximum absolute atomic E-state index is 13.4. The van der Waals surface area contributed by atoms with Crippen molar-refractivity contribution in [3.05, 3.63) is 29.3 Å². The smallest absolute Gasteiger partial charge is 0.338 e. The number of halogens is 1. The molecule has 2 aromatic rings. The Morgan fingerprint density at radius 1 is 1.50 bits per heavy atom. The van der Waals surface area contributed by atoms with Gasteiger partial charge in [-0.3, -0.25) is 0 Å². The molecule has 0 atom stereocenters. The van der Waals surface area contributed by atoms with Crippen molar-refractivity contribution < 1.29 is 14.3 Å². The Morgan fingerprint density at radius 2 is 2.19 bits per heavy atom. The zero-order chi connectivity index (χ0) is 11.9. The van der Waals surface area contributed by atoms with Crippen LogP contribution in [-0.2, 0) is 0 Å². The van der Waals surface area contributed by atoms with E-state index < -0.39 is 11.8 Å². The summed E-state index contributed by atoms with van der Waals surface area (Å²) in [6.45, 7) is 3.90. The SMILES string of the molecule is CC(C)c1nc2cc(C(=O)O)c(F)cc2[nH]1. The summed E-state index contributed by atoms with van der Waals surface area (Å²) in [6.07, 6.45) is 0. The lowest BCUT2D eigenvalue weighted by atomic mass is 10.2. The number of H-pyrrole nitrogens is 1. The molecule has 16 heavy (non-hydrogen) atoms. The lowest BCUT2D eigenvalue weighted by Gasteiger charge is -1.96. The van der Waals surface area contributed by atoms with E-state index in [1.807, 2.05) is 13.8 Å². The standard InChI is InChI=1S/C11H11FN2O2/c1-5(2)10-13-8-3-6(11(15)16)7(12)4-9(8)14-10/h3-5H,1-2H3,(H,13,14)(H,15,16). The Kier molecular flexibility index (Phi) is 2.38. The van der Waals surface area contributed by atoms with Crippen molar-refractivity contribution in [2.24, 2.45) is 0 Å². The number of hydrogen-bond donors (Lipinski definition) is 2. The number of nitrogens with zero attached hydrogens (tertiary/aromatic N) is 1. The number of fused-ring (bicyclic) bond motifs is 1. The summed E-state index contributed by atoms with van der Waals surface area (Å²) in [6, 6.07) is 2.41. The van der Waals surface area contributed by atoms with Gasteiger partial charge in [0.15, 0.2) is 0 Å². The number of hydrogen-bond acceptors (Lipinski definition) is 2. The number of imidazole rings is 1. The fourth-order valence-corrected chi connectivity index (χ4v) is 1.49. The minimum Gasteiger partial charge on any atom is -0.478 e. The number of aromatic amines is 1. The summed E-state index contributed by atoms with van der Waals surface area (Å²) in [5.74, 6) is -1.13. The molecular weight excluding hydrogens is 211 g/mol. The van der Waals surface area contributed by atoms with E-state index in [2.05, 4.69) is 9.97 Å². The van der Waals surface area contributed by atoms with Gasteiger partial charge in [-0.1, -0.05) is 13.8 Å². The summed E-state index contributed by atoms with van der Waals surface area (Å²) in [5, 5.41) is 8.76. The lowest BCUT2D eigenvalue weighted by molar-refractivity contribution is 0.0692. The first-order valence-electron chi connectivity index (χ1n) is 4.91. The number of carbonyl (C=O) groups is 1. The van der Waals surface area contributed by atoms with Crippen molar-refractivity contribution in [3.63, 3.8) is 0 Å². The Balaban J connectivity index is 2.65. The van der Waals surface area contributed by atoms with Gasteiger partial charge in [0.05, 0.1) is 16.6 Å². The predicted molar refractivity (Wildman–Crippen MR) is 57.1 cm³/mol. The highest BCUT2D eigenvalue weighted by molar-refractivity contribution is 5.92. The van der Waals surface area contributed by atoms with Gasteiger partial charge in [0.25, 0.3) is 0 Å². The lowest BCUT2D eigenvalue weighted by Crippen LogP contribution is -1.99. The molecule has 1 heterocycles. The number of aromatic carboxylic acids is 1. The van der Waals surface area contributed by atoms with Crippen molar-refractivity contribution in [3.8, 4) is 0 Å². The van der Waals surface area contributed by atoms with Gasteiger partial charge in [-0.25, -0.2) is 14.2 Å². The minimum atomic E-state index is -1.28. The number of carboxylic acid groups (broad SMARTS) is 1. The van der Waals surface area contributed by atoms with Crippen molar-refractivity contribution in [2.45, 2.75) is 19.8 Å². The summed E-state index contributed by atoms with van der Waals surface area (Å²) in [5.41, 5.74) is 0.642. The van der Waals surface area contributed by atoms with Gasteiger partial charge in [-0.15, -0.1) is 0 Å². The topological polar surface area (TPSA) is 66.0 Å². The van der Waals surface area contributed by atoms with Crippen molar-refractivity contribution in [1.82, 2.24) is 9.97 Å². The molecular formula is C11H11FN2O2. The molecule has 5 heteroatoms. The molecule has 0 saturated carbocycles. The fourth-order valence-electron chi connectivity index (χ4n) is 1.49. The number of rotatable bonds is 2. The van der Waals surface area contributed by atoms with Crippen LogP contribution in [0.15, 0.2) is 12.1 Å². The molecule has 1 aromatic heterocycles. The van der Waals surface area contributed by atoms with Crippen molar-refractivity contribution >= 4 is 17.0 Å². The van der Waals surface area contributed by atoms with E-state index in [1.165, 1.54) is 6.07 Å². The van der Waals surface area contributed by atoms with Crippen LogP contribution in [0.5, 0.6) is 0 Å². The number of carboxylic acids is 1. The van der Waals surface area contributed by atoms with Gasteiger partial charge < -0.3 is 10.1 Å². The molecule has 0 aliphatic carbocycles. The van der Waals surface area contributed by atoms with E-state index in [-0.39, 0.29) is 11.5 Å². The molecule has 0 bridgehead atoms. The molecule has 0 amide bonds. The van der Waals surface area contributed by atoms with Crippen LogP contribution in [-0.4, -0.2) is 21.0 Å². The second kappa shape index (κ2) is 3.59. The van der Waals surface area contributed by atoms with E-state index in [9.17, 15) is 9.18 Å².